The Labute approximate surface area is 187 Å². The molecule has 4 aromatic heterocycles. The minimum Gasteiger partial charge on any atom is -0.391 e. The van der Waals surface area contributed by atoms with Gasteiger partial charge in [0.25, 0.3) is 5.56 Å². The number of pyridine rings is 2. The smallest absolute Gasteiger partial charge is 0.278 e. The first kappa shape index (κ1) is 20.6. The van der Waals surface area contributed by atoms with Crippen molar-refractivity contribution >= 4 is 34.1 Å². The number of nitrogen functional groups attached to an aromatic ring is 1. The standard InChI is InChI=1S/C21H21N9O3/c1-11-15(9-31)21(33)25-10-29(11)18-5-12-4-16(24-7-14(12)20(22)27-18)26-17-6-13-2-3-23-19(32)8-30(13)28-17/h4-7,10,31H,2-3,8-9H2,1H3,(H2,22,27)(H,23,32)(H,24,26,28). The summed E-state index contributed by atoms with van der Waals surface area (Å²) in [5.41, 5.74) is 7.37. The van der Waals surface area contributed by atoms with Crippen LogP contribution in [0.2, 0.25) is 0 Å². The molecule has 12 heteroatoms. The van der Waals surface area contributed by atoms with Gasteiger partial charge in [0.1, 0.15) is 30.3 Å². The summed E-state index contributed by atoms with van der Waals surface area (Å²) >= 11 is 0. The second kappa shape index (κ2) is 7.98. The van der Waals surface area contributed by atoms with Crippen LogP contribution in [0, 0.1) is 6.92 Å². The van der Waals surface area contributed by atoms with Gasteiger partial charge in [-0.25, -0.2) is 9.97 Å². The molecular weight excluding hydrogens is 426 g/mol. The molecule has 33 heavy (non-hydrogen) atoms. The Hall–Kier alpha value is -4.32. The molecule has 0 fully saturated rings. The number of rotatable bonds is 4. The molecule has 0 radical (unpaired) electrons. The summed E-state index contributed by atoms with van der Waals surface area (Å²) in [6, 6.07) is 5.50. The van der Waals surface area contributed by atoms with E-state index in [2.05, 4.69) is 30.7 Å². The number of carbonyl (C=O) groups is 1. The number of amides is 1. The van der Waals surface area contributed by atoms with Gasteiger partial charge in [0.15, 0.2) is 5.82 Å². The molecule has 4 aromatic rings. The molecule has 0 aromatic carbocycles. The zero-order valence-corrected chi connectivity index (χ0v) is 17.7. The highest BCUT2D eigenvalue weighted by atomic mass is 16.3. The van der Waals surface area contributed by atoms with Crippen molar-refractivity contribution in [1.82, 2.24) is 34.6 Å². The number of fused-ring (bicyclic) bond motifs is 2. The molecule has 12 nitrogen and oxygen atoms in total. The second-order valence-electron chi connectivity index (χ2n) is 7.70. The highest BCUT2D eigenvalue weighted by Gasteiger charge is 2.16. The largest absolute Gasteiger partial charge is 0.391 e. The van der Waals surface area contributed by atoms with Crippen molar-refractivity contribution in [2.45, 2.75) is 26.5 Å². The van der Waals surface area contributed by atoms with Gasteiger partial charge in [0.05, 0.1) is 12.2 Å². The number of aromatic nitrogens is 6. The number of aliphatic hydroxyl groups is 1. The van der Waals surface area contributed by atoms with Crippen molar-refractivity contribution in [3.05, 3.63) is 58.0 Å². The number of nitrogens with zero attached hydrogens (tertiary/aromatic N) is 6. The molecular formula is C21H21N9O3. The number of carbonyl (C=O) groups excluding carboxylic acids is 1. The lowest BCUT2D eigenvalue weighted by Gasteiger charge is -2.13. The molecule has 168 valence electrons. The molecule has 0 spiro atoms. The SMILES string of the molecule is Cc1c(CO)c(=O)ncn1-c1cc2cc(Nc3cc4n(n3)CC(=O)NCC4)ncc2c(N)n1. The molecule has 0 atom stereocenters. The summed E-state index contributed by atoms with van der Waals surface area (Å²) in [5.74, 6) is 1.78. The van der Waals surface area contributed by atoms with Crippen LogP contribution in [-0.2, 0) is 24.4 Å². The molecule has 5 N–H and O–H groups in total. The molecule has 1 aliphatic heterocycles. The third kappa shape index (κ3) is 3.76. The van der Waals surface area contributed by atoms with Crippen LogP contribution in [0.3, 0.4) is 0 Å². The van der Waals surface area contributed by atoms with Crippen LogP contribution < -0.4 is 21.9 Å². The number of hydrogen-bond acceptors (Lipinski definition) is 9. The molecule has 1 amide bonds. The van der Waals surface area contributed by atoms with E-state index in [1.54, 1.807) is 28.4 Å². The Morgan fingerprint density at radius 2 is 2.06 bits per heavy atom. The van der Waals surface area contributed by atoms with E-state index in [0.717, 1.165) is 11.1 Å². The van der Waals surface area contributed by atoms with Crippen LogP contribution in [0.15, 0.2) is 35.5 Å². The molecule has 0 bridgehead atoms. The zero-order valence-electron chi connectivity index (χ0n) is 17.7. The maximum atomic E-state index is 11.9. The monoisotopic (exact) mass is 447 g/mol. The average molecular weight is 447 g/mol. The summed E-state index contributed by atoms with van der Waals surface area (Å²) in [4.78, 5) is 36.3. The van der Waals surface area contributed by atoms with E-state index < -0.39 is 12.2 Å². The number of hydrogen-bond donors (Lipinski definition) is 4. The van der Waals surface area contributed by atoms with E-state index in [4.69, 9.17) is 5.73 Å². The Bertz CT molecular complexity index is 1460. The second-order valence-corrected chi connectivity index (χ2v) is 7.70. The molecule has 1 aliphatic rings. The molecule has 5 rings (SSSR count). The molecule has 5 heterocycles. The first-order valence-electron chi connectivity index (χ1n) is 10.3. The summed E-state index contributed by atoms with van der Waals surface area (Å²) in [6.45, 7) is 2.04. The fourth-order valence-electron chi connectivity index (χ4n) is 3.85. The predicted octanol–water partition coefficient (Wildman–Crippen LogP) is 0.171. The first-order chi connectivity index (χ1) is 15.9. The van der Waals surface area contributed by atoms with Crippen molar-refractivity contribution in [1.29, 1.82) is 0 Å². The lowest BCUT2D eigenvalue weighted by atomic mass is 10.2. The van der Waals surface area contributed by atoms with Gasteiger partial charge in [0, 0.05) is 42.0 Å². The minimum absolute atomic E-state index is 0.0700. The average Bonchev–Trinajstić information content (AvgIpc) is 3.05. The van der Waals surface area contributed by atoms with Crippen LogP contribution in [0.4, 0.5) is 17.5 Å². The summed E-state index contributed by atoms with van der Waals surface area (Å²) < 4.78 is 3.28. The Morgan fingerprint density at radius 1 is 1.21 bits per heavy atom. The molecule has 0 unspecified atom stereocenters. The lowest BCUT2D eigenvalue weighted by molar-refractivity contribution is -0.121. The van der Waals surface area contributed by atoms with Gasteiger partial charge in [-0.3, -0.25) is 18.8 Å². The van der Waals surface area contributed by atoms with Crippen molar-refractivity contribution in [3.63, 3.8) is 0 Å². The van der Waals surface area contributed by atoms with Gasteiger partial charge < -0.3 is 21.5 Å². The minimum atomic E-state index is -0.480. The molecule has 0 saturated carbocycles. The third-order valence-electron chi connectivity index (χ3n) is 5.60. The highest BCUT2D eigenvalue weighted by Crippen LogP contribution is 2.26. The van der Waals surface area contributed by atoms with Crippen LogP contribution in [0.25, 0.3) is 16.6 Å². The van der Waals surface area contributed by atoms with Gasteiger partial charge in [-0.2, -0.15) is 10.1 Å². The maximum Gasteiger partial charge on any atom is 0.278 e. The lowest BCUT2D eigenvalue weighted by Crippen LogP contribution is -2.25. The molecule has 0 saturated heterocycles. The number of aliphatic hydroxyl groups excluding tert-OH is 1. The summed E-state index contributed by atoms with van der Waals surface area (Å²) in [5, 5.41) is 21.4. The van der Waals surface area contributed by atoms with Crippen molar-refractivity contribution in [2.75, 3.05) is 17.6 Å². The fourth-order valence-corrected chi connectivity index (χ4v) is 3.85. The highest BCUT2D eigenvalue weighted by molar-refractivity contribution is 5.93. The topological polar surface area (TPSA) is 166 Å². The van der Waals surface area contributed by atoms with Gasteiger partial charge in [-0.05, 0) is 24.4 Å². The number of anilines is 3. The van der Waals surface area contributed by atoms with E-state index in [9.17, 15) is 14.7 Å². The van der Waals surface area contributed by atoms with Crippen molar-refractivity contribution in [3.8, 4) is 5.82 Å². The normalized spacial score (nSPS) is 13.5. The number of nitrogens with one attached hydrogen (secondary N) is 2. The maximum absolute atomic E-state index is 11.9. The Balaban J connectivity index is 1.52. The van der Waals surface area contributed by atoms with Gasteiger partial charge in [-0.15, -0.1) is 0 Å². The van der Waals surface area contributed by atoms with E-state index in [0.29, 0.717) is 41.5 Å². The Kier molecular flexibility index (Phi) is 4.98. The van der Waals surface area contributed by atoms with Crippen molar-refractivity contribution < 1.29 is 9.90 Å². The predicted molar refractivity (Wildman–Crippen MR) is 120 cm³/mol. The van der Waals surface area contributed by atoms with Crippen LogP contribution in [0.5, 0.6) is 0 Å². The van der Waals surface area contributed by atoms with Gasteiger partial charge in [0.2, 0.25) is 5.91 Å². The Morgan fingerprint density at radius 3 is 2.88 bits per heavy atom. The van der Waals surface area contributed by atoms with E-state index in [-0.39, 0.29) is 23.8 Å². The van der Waals surface area contributed by atoms with E-state index >= 15 is 0 Å². The van der Waals surface area contributed by atoms with Crippen LogP contribution in [0.1, 0.15) is 17.0 Å². The van der Waals surface area contributed by atoms with Gasteiger partial charge in [-0.1, -0.05) is 0 Å². The quantitative estimate of drug-likeness (QED) is 0.341. The zero-order chi connectivity index (χ0) is 23.1. The summed E-state index contributed by atoms with van der Waals surface area (Å²) in [7, 11) is 0. The number of nitrogens with two attached hydrogens (primary N) is 1. The summed E-state index contributed by atoms with van der Waals surface area (Å²) in [6.07, 6.45) is 3.67. The van der Waals surface area contributed by atoms with E-state index in [1.165, 1.54) is 6.33 Å². The van der Waals surface area contributed by atoms with Gasteiger partial charge >= 0.3 is 0 Å². The third-order valence-corrected chi connectivity index (χ3v) is 5.60. The molecule has 0 aliphatic carbocycles. The first-order valence-corrected chi connectivity index (χ1v) is 10.3. The van der Waals surface area contributed by atoms with Crippen LogP contribution in [-0.4, -0.2) is 46.9 Å². The van der Waals surface area contributed by atoms with E-state index in [1.807, 2.05) is 12.1 Å². The van der Waals surface area contributed by atoms with Crippen LogP contribution >= 0.6 is 0 Å². The van der Waals surface area contributed by atoms with Crippen molar-refractivity contribution in [2.24, 2.45) is 0 Å². The fraction of sp³-hybridized carbons (Fsp3) is 0.238.